The summed E-state index contributed by atoms with van der Waals surface area (Å²) in [5.41, 5.74) is 0. The second-order valence-corrected chi connectivity index (χ2v) is 4.73. The molecule has 0 aromatic carbocycles. The van der Waals surface area contributed by atoms with Gasteiger partial charge in [-0.2, -0.15) is 0 Å². The standard InChI is InChI=1S/C12H23NO3/c1-10-4-2-3-5-11(10)13(8-9-14)7-6-12(15)16/h10-11,14H,2-9H2,1H3,(H,15,16). The topological polar surface area (TPSA) is 60.8 Å². The molecule has 1 rings (SSSR count). The third kappa shape index (κ3) is 4.10. The van der Waals surface area contributed by atoms with Crippen molar-refractivity contribution in [2.75, 3.05) is 19.7 Å². The Balaban J connectivity index is 2.49. The van der Waals surface area contributed by atoms with Crippen LogP contribution in [0.5, 0.6) is 0 Å². The van der Waals surface area contributed by atoms with Gasteiger partial charge in [0.15, 0.2) is 0 Å². The van der Waals surface area contributed by atoms with Crippen LogP contribution in [-0.4, -0.2) is 46.8 Å². The molecule has 0 spiro atoms. The molecule has 0 saturated heterocycles. The Morgan fingerprint density at radius 2 is 2.00 bits per heavy atom. The predicted molar refractivity (Wildman–Crippen MR) is 62.3 cm³/mol. The number of aliphatic hydroxyl groups is 1. The van der Waals surface area contributed by atoms with Gasteiger partial charge in [0.2, 0.25) is 0 Å². The Morgan fingerprint density at radius 1 is 1.31 bits per heavy atom. The number of carboxylic acids is 1. The molecule has 4 heteroatoms. The number of carbonyl (C=O) groups is 1. The molecule has 0 aromatic heterocycles. The predicted octanol–water partition coefficient (Wildman–Crippen LogP) is 1.33. The number of hydrogen-bond donors (Lipinski definition) is 2. The fourth-order valence-electron chi connectivity index (χ4n) is 2.65. The minimum atomic E-state index is -0.758. The molecule has 1 fully saturated rings. The summed E-state index contributed by atoms with van der Waals surface area (Å²) in [6.45, 7) is 3.50. The number of aliphatic hydroxyl groups excluding tert-OH is 1. The van der Waals surface area contributed by atoms with E-state index in [2.05, 4.69) is 11.8 Å². The smallest absolute Gasteiger partial charge is 0.304 e. The van der Waals surface area contributed by atoms with Crippen molar-refractivity contribution in [3.05, 3.63) is 0 Å². The second kappa shape index (κ2) is 6.86. The lowest BCUT2D eigenvalue weighted by Gasteiger charge is -2.38. The summed E-state index contributed by atoms with van der Waals surface area (Å²) < 4.78 is 0. The zero-order valence-corrected chi connectivity index (χ0v) is 10.1. The largest absolute Gasteiger partial charge is 0.481 e. The van der Waals surface area contributed by atoms with Crippen LogP contribution in [0.15, 0.2) is 0 Å². The molecule has 1 aliphatic rings. The fraction of sp³-hybridized carbons (Fsp3) is 0.917. The minimum absolute atomic E-state index is 0.114. The minimum Gasteiger partial charge on any atom is -0.481 e. The molecule has 0 amide bonds. The molecule has 2 N–H and O–H groups in total. The van der Waals surface area contributed by atoms with Crippen molar-refractivity contribution in [3.63, 3.8) is 0 Å². The van der Waals surface area contributed by atoms with Gasteiger partial charge in [0, 0.05) is 19.1 Å². The van der Waals surface area contributed by atoms with E-state index in [0.29, 0.717) is 25.0 Å². The highest BCUT2D eigenvalue weighted by Gasteiger charge is 2.26. The monoisotopic (exact) mass is 229 g/mol. The Labute approximate surface area is 97.3 Å². The Bertz CT molecular complexity index is 220. The van der Waals surface area contributed by atoms with Gasteiger partial charge in [-0.3, -0.25) is 9.69 Å². The second-order valence-electron chi connectivity index (χ2n) is 4.73. The average molecular weight is 229 g/mol. The summed E-state index contributed by atoms with van der Waals surface area (Å²) in [7, 11) is 0. The quantitative estimate of drug-likeness (QED) is 0.721. The first-order valence-electron chi connectivity index (χ1n) is 6.22. The van der Waals surface area contributed by atoms with Crippen molar-refractivity contribution in [3.8, 4) is 0 Å². The summed E-state index contributed by atoms with van der Waals surface area (Å²) in [6, 6.07) is 0.459. The van der Waals surface area contributed by atoms with Gasteiger partial charge >= 0.3 is 5.97 Å². The van der Waals surface area contributed by atoms with Crippen LogP contribution in [0, 0.1) is 5.92 Å². The van der Waals surface area contributed by atoms with Crippen LogP contribution >= 0.6 is 0 Å². The highest BCUT2D eigenvalue weighted by molar-refractivity contribution is 5.66. The van der Waals surface area contributed by atoms with E-state index in [0.717, 1.165) is 6.42 Å². The molecule has 94 valence electrons. The van der Waals surface area contributed by atoms with E-state index < -0.39 is 5.97 Å². The number of rotatable bonds is 6. The van der Waals surface area contributed by atoms with E-state index in [1.807, 2.05) is 0 Å². The van der Waals surface area contributed by atoms with E-state index in [1.54, 1.807) is 0 Å². The molecule has 0 radical (unpaired) electrons. The van der Waals surface area contributed by atoms with Crippen LogP contribution in [0.1, 0.15) is 39.0 Å². The van der Waals surface area contributed by atoms with Crippen LogP contribution < -0.4 is 0 Å². The lowest BCUT2D eigenvalue weighted by Crippen LogP contribution is -2.44. The van der Waals surface area contributed by atoms with Crippen LogP contribution in [-0.2, 0) is 4.79 Å². The molecule has 0 aromatic rings. The summed E-state index contributed by atoms with van der Waals surface area (Å²) in [5, 5.41) is 17.7. The van der Waals surface area contributed by atoms with Crippen LogP contribution in [0.2, 0.25) is 0 Å². The van der Waals surface area contributed by atoms with Gasteiger partial charge in [-0.25, -0.2) is 0 Å². The van der Waals surface area contributed by atoms with Gasteiger partial charge < -0.3 is 10.2 Å². The van der Waals surface area contributed by atoms with Crippen molar-refractivity contribution >= 4 is 5.97 Å². The van der Waals surface area contributed by atoms with Crippen molar-refractivity contribution in [1.29, 1.82) is 0 Å². The number of hydrogen-bond acceptors (Lipinski definition) is 3. The molecule has 1 saturated carbocycles. The normalized spacial score (nSPS) is 25.9. The molecule has 1 aliphatic carbocycles. The van der Waals surface area contributed by atoms with Gasteiger partial charge in [0.25, 0.3) is 0 Å². The van der Waals surface area contributed by atoms with Crippen LogP contribution in [0.3, 0.4) is 0 Å². The summed E-state index contributed by atoms with van der Waals surface area (Å²) >= 11 is 0. The van der Waals surface area contributed by atoms with Crippen LogP contribution in [0.25, 0.3) is 0 Å². The number of aliphatic carboxylic acids is 1. The van der Waals surface area contributed by atoms with Gasteiger partial charge in [-0.15, -0.1) is 0 Å². The number of nitrogens with zero attached hydrogens (tertiary/aromatic N) is 1. The van der Waals surface area contributed by atoms with Crippen molar-refractivity contribution in [2.45, 2.75) is 45.1 Å². The zero-order valence-electron chi connectivity index (χ0n) is 10.1. The van der Waals surface area contributed by atoms with Crippen molar-refractivity contribution < 1.29 is 15.0 Å². The molecule has 0 heterocycles. The number of carboxylic acid groups (broad SMARTS) is 1. The summed E-state index contributed by atoms with van der Waals surface area (Å²) in [5.74, 6) is -0.138. The molecule has 4 nitrogen and oxygen atoms in total. The zero-order chi connectivity index (χ0) is 12.0. The van der Waals surface area contributed by atoms with E-state index in [4.69, 9.17) is 10.2 Å². The van der Waals surface area contributed by atoms with E-state index in [1.165, 1.54) is 19.3 Å². The average Bonchev–Trinajstić information content (AvgIpc) is 2.25. The highest BCUT2D eigenvalue weighted by Crippen LogP contribution is 2.27. The molecule has 0 aliphatic heterocycles. The Hall–Kier alpha value is -0.610. The van der Waals surface area contributed by atoms with Gasteiger partial charge in [0.05, 0.1) is 13.0 Å². The first-order chi connectivity index (χ1) is 7.65. The summed E-state index contributed by atoms with van der Waals surface area (Å²) in [6.07, 6.45) is 5.04. The third-order valence-corrected chi connectivity index (χ3v) is 3.54. The van der Waals surface area contributed by atoms with Crippen molar-refractivity contribution in [2.24, 2.45) is 5.92 Å². The maximum absolute atomic E-state index is 10.6. The lowest BCUT2D eigenvalue weighted by atomic mass is 9.85. The maximum atomic E-state index is 10.6. The SMILES string of the molecule is CC1CCCCC1N(CCO)CCC(=O)O. The maximum Gasteiger partial charge on any atom is 0.304 e. The Morgan fingerprint density at radius 3 is 2.56 bits per heavy atom. The van der Waals surface area contributed by atoms with Gasteiger partial charge in [0.1, 0.15) is 0 Å². The van der Waals surface area contributed by atoms with E-state index >= 15 is 0 Å². The molecule has 0 bridgehead atoms. The lowest BCUT2D eigenvalue weighted by molar-refractivity contribution is -0.137. The Kier molecular flexibility index (Phi) is 5.77. The van der Waals surface area contributed by atoms with Crippen molar-refractivity contribution in [1.82, 2.24) is 4.90 Å². The van der Waals surface area contributed by atoms with E-state index in [-0.39, 0.29) is 13.0 Å². The third-order valence-electron chi connectivity index (χ3n) is 3.54. The van der Waals surface area contributed by atoms with E-state index in [9.17, 15) is 4.79 Å². The van der Waals surface area contributed by atoms with Gasteiger partial charge in [-0.1, -0.05) is 19.8 Å². The van der Waals surface area contributed by atoms with Crippen LogP contribution in [0.4, 0.5) is 0 Å². The molecular weight excluding hydrogens is 206 g/mol. The molecule has 2 atom stereocenters. The molecular formula is C12H23NO3. The fourth-order valence-corrected chi connectivity index (χ4v) is 2.65. The molecule has 2 unspecified atom stereocenters. The first kappa shape index (κ1) is 13.5. The molecule has 16 heavy (non-hydrogen) atoms. The van der Waals surface area contributed by atoms with Gasteiger partial charge in [-0.05, 0) is 18.8 Å². The first-order valence-corrected chi connectivity index (χ1v) is 6.22. The highest BCUT2D eigenvalue weighted by atomic mass is 16.4. The summed E-state index contributed by atoms with van der Waals surface area (Å²) in [4.78, 5) is 12.7.